The van der Waals surface area contributed by atoms with E-state index < -0.39 is 10.0 Å². The maximum atomic E-state index is 12.2. The Kier molecular flexibility index (Phi) is 6.76. The highest BCUT2D eigenvalue weighted by Crippen LogP contribution is 2.13. The van der Waals surface area contributed by atoms with E-state index >= 15 is 0 Å². The number of amides is 1. The van der Waals surface area contributed by atoms with Gasteiger partial charge in [0.25, 0.3) is 0 Å². The van der Waals surface area contributed by atoms with E-state index in [0.29, 0.717) is 12.1 Å². The first-order valence-corrected chi connectivity index (χ1v) is 10.1. The summed E-state index contributed by atoms with van der Waals surface area (Å²) < 4.78 is 30.3. The summed E-state index contributed by atoms with van der Waals surface area (Å²) in [5.74, 6) is 0.377. The maximum absolute atomic E-state index is 12.2. The summed E-state index contributed by atoms with van der Waals surface area (Å²) in [5, 5.41) is 2.74. The molecule has 26 heavy (non-hydrogen) atoms. The Morgan fingerprint density at radius 1 is 1.15 bits per heavy atom. The summed E-state index contributed by atoms with van der Waals surface area (Å²) in [4.78, 5) is 12.2. The molecule has 2 aromatic rings. The summed E-state index contributed by atoms with van der Waals surface area (Å²) >= 11 is 0. The number of rotatable bonds is 8. The van der Waals surface area contributed by atoms with E-state index in [9.17, 15) is 13.2 Å². The van der Waals surface area contributed by atoms with Gasteiger partial charge in [-0.3, -0.25) is 4.79 Å². The van der Waals surface area contributed by atoms with Gasteiger partial charge in [0.1, 0.15) is 5.75 Å². The highest BCUT2D eigenvalue weighted by molar-refractivity contribution is 7.88. The third-order valence-corrected chi connectivity index (χ3v) is 5.15. The molecule has 0 bridgehead atoms. The van der Waals surface area contributed by atoms with Crippen LogP contribution >= 0.6 is 0 Å². The van der Waals surface area contributed by atoms with E-state index in [4.69, 9.17) is 4.74 Å². The average Bonchev–Trinajstić information content (AvgIpc) is 2.58. The van der Waals surface area contributed by atoms with E-state index in [1.165, 1.54) is 4.31 Å². The SMILES string of the molecule is COc1ccc(CCN(CC(=O)Nc2cccc(C)c2)S(C)(=O)=O)cc1. The highest BCUT2D eigenvalue weighted by Gasteiger charge is 2.20. The van der Waals surface area contributed by atoms with Crippen LogP contribution in [0.4, 0.5) is 5.69 Å². The van der Waals surface area contributed by atoms with Crippen molar-refractivity contribution >= 4 is 21.6 Å². The van der Waals surface area contributed by atoms with Crippen molar-refractivity contribution in [3.63, 3.8) is 0 Å². The number of benzene rings is 2. The molecule has 2 rings (SSSR count). The number of hydrogen-bond donors (Lipinski definition) is 1. The Bertz CT molecular complexity index is 848. The van der Waals surface area contributed by atoms with Crippen LogP contribution < -0.4 is 10.1 Å². The minimum atomic E-state index is -3.50. The van der Waals surface area contributed by atoms with E-state index in [-0.39, 0.29) is 19.0 Å². The van der Waals surface area contributed by atoms with Crippen LogP contribution in [0.3, 0.4) is 0 Å². The molecule has 0 atom stereocenters. The van der Waals surface area contributed by atoms with Gasteiger partial charge in [0.05, 0.1) is 19.9 Å². The lowest BCUT2D eigenvalue weighted by atomic mass is 10.1. The summed E-state index contributed by atoms with van der Waals surface area (Å²) in [6.45, 7) is 1.93. The number of nitrogens with zero attached hydrogens (tertiary/aromatic N) is 1. The molecule has 0 aromatic heterocycles. The van der Waals surface area contributed by atoms with Gasteiger partial charge in [-0.25, -0.2) is 8.42 Å². The molecule has 6 nitrogen and oxygen atoms in total. The Balaban J connectivity index is 1.99. The Morgan fingerprint density at radius 2 is 1.85 bits per heavy atom. The monoisotopic (exact) mass is 376 g/mol. The lowest BCUT2D eigenvalue weighted by Gasteiger charge is -2.19. The van der Waals surface area contributed by atoms with Crippen LogP contribution in [0.1, 0.15) is 11.1 Å². The minimum Gasteiger partial charge on any atom is -0.497 e. The molecule has 1 N–H and O–H groups in total. The van der Waals surface area contributed by atoms with Gasteiger partial charge in [-0.05, 0) is 48.7 Å². The zero-order valence-corrected chi connectivity index (χ0v) is 16.0. The molecule has 0 fully saturated rings. The van der Waals surface area contributed by atoms with Crippen LogP contribution in [0.2, 0.25) is 0 Å². The van der Waals surface area contributed by atoms with Crippen molar-refractivity contribution in [2.24, 2.45) is 0 Å². The first-order chi connectivity index (χ1) is 12.3. The molecule has 2 aromatic carbocycles. The van der Waals surface area contributed by atoms with Crippen LogP contribution in [0, 0.1) is 6.92 Å². The standard InChI is InChI=1S/C19H24N2O4S/c1-15-5-4-6-17(13-15)20-19(22)14-21(26(3,23)24)12-11-16-7-9-18(25-2)10-8-16/h4-10,13H,11-12,14H2,1-3H3,(H,20,22). The van der Waals surface area contributed by atoms with Gasteiger partial charge in [-0.2, -0.15) is 4.31 Å². The Morgan fingerprint density at radius 3 is 2.42 bits per heavy atom. The predicted molar refractivity (Wildman–Crippen MR) is 103 cm³/mol. The van der Waals surface area contributed by atoms with Crippen LogP contribution in [0.25, 0.3) is 0 Å². The summed E-state index contributed by atoms with van der Waals surface area (Å²) in [6, 6.07) is 14.8. The van der Waals surface area contributed by atoms with E-state index in [2.05, 4.69) is 5.32 Å². The smallest absolute Gasteiger partial charge is 0.239 e. The number of carbonyl (C=O) groups is 1. The fourth-order valence-electron chi connectivity index (χ4n) is 2.49. The zero-order valence-electron chi connectivity index (χ0n) is 15.2. The molecule has 0 saturated carbocycles. The molecule has 0 saturated heterocycles. The normalized spacial score (nSPS) is 11.4. The van der Waals surface area contributed by atoms with Crippen molar-refractivity contribution in [3.8, 4) is 5.75 Å². The van der Waals surface area contributed by atoms with Crippen LogP contribution in [0.5, 0.6) is 5.75 Å². The van der Waals surface area contributed by atoms with Gasteiger partial charge in [0.15, 0.2) is 0 Å². The Labute approximate surface area is 154 Å². The Hall–Kier alpha value is -2.38. The number of ether oxygens (including phenoxy) is 1. The molecule has 0 radical (unpaired) electrons. The molecule has 1 amide bonds. The lowest BCUT2D eigenvalue weighted by molar-refractivity contribution is -0.116. The van der Waals surface area contributed by atoms with Gasteiger partial charge < -0.3 is 10.1 Å². The fourth-order valence-corrected chi connectivity index (χ4v) is 3.27. The fraction of sp³-hybridized carbons (Fsp3) is 0.316. The van der Waals surface area contributed by atoms with Crippen molar-refractivity contribution in [3.05, 3.63) is 59.7 Å². The molecule has 140 valence electrons. The van der Waals surface area contributed by atoms with Crippen molar-refractivity contribution < 1.29 is 17.9 Å². The van der Waals surface area contributed by atoms with Gasteiger partial charge in [-0.15, -0.1) is 0 Å². The van der Waals surface area contributed by atoms with Gasteiger partial charge in [0, 0.05) is 12.2 Å². The van der Waals surface area contributed by atoms with E-state index in [1.54, 1.807) is 13.2 Å². The molecule has 0 spiro atoms. The summed E-state index contributed by atoms with van der Waals surface area (Å²) in [6.07, 6.45) is 1.62. The molecule has 0 aliphatic carbocycles. The van der Waals surface area contributed by atoms with Gasteiger partial charge in [-0.1, -0.05) is 24.3 Å². The number of methoxy groups -OCH3 is 1. The number of anilines is 1. The molecular formula is C19H24N2O4S. The predicted octanol–water partition coefficient (Wildman–Crippen LogP) is 2.45. The van der Waals surface area contributed by atoms with Crippen molar-refractivity contribution in [2.45, 2.75) is 13.3 Å². The van der Waals surface area contributed by atoms with Crippen LogP contribution in [-0.2, 0) is 21.2 Å². The summed E-state index contributed by atoms with van der Waals surface area (Å²) in [7, 11) is -1.91. The molecule has 0 unspecified atom stereocenters. The third-order valence-electron chi connectivity index (χ3n) is 3.90. The quantitative estimate of drug-likeness (QED) is 0.768. The number of hydrogen-bond acceptors (Lipinski definition) is 4. The first kappa shape index (κ1) is 19.9. The lowest BCUT2D eigenvalue weighted by Crippen LogP contribution is -2.38. The topological polar surface area (TPSA) is 75.7 Å². The number of aryl methyl sites for hydroxylation is 1. The first-order valence-electron chi connectivity index (χ1n) is 8.22. The highest BCUT2D eigenvalue weighted by atomic mass is 32.2. The second-order valence-corrected chi connectivity index (χ2v) is 8.09. The molecule has 7 heteroatoms. The van der Waals surface area contributed by atoms with Crippen LogP contribution in [-0.4, -0.2) is 45.1 Å². The van der Waals surface area contributed by atoms with Gasteiger partial charge >= 0.3 is 0 Å². The molecule has 0 aliphatic rings. The molecular weight excluding hydrogens is 352 g/mol. The van der Waals surface area contributed by atoms with E-state index in [1.807, 2.05) is 49.4 Å². The number of sulfonamides is 1. The maximum Gasteiger partial charge on any atom is 0.239 e. The van der Waals surface area contributed by atoms with Crippen molar-refractivity contribution in [2.75, 3.05) is 31.8 Å². The van der Waals surface area contributed by atoms with Crippen LogP contribution in [0.15, 0.2) is 48.5 Å². The third kappa shape index (κ3) is 6.16. The number of carbonyl (C=O) groups excluding carboxylic acids is 1. The average molecular weight is 376 g/mol. The van der Waals surface area contributed by atoms with Gasteiger partial charge in [0.2, 0.25) is 15.9 Å². The van der Waals surface area contributed by atoms with Crippen molar-refractivity contribution in [1.82, 2.24) is 4.31 Å². The van der Waals surface area contributed by atoms with E-state index in [0.717, 1.165) is 23.1 Å². The second-order valence-electron chi connectivity index (χ2n) is 6.11. The second kappa shape index (κ2) is 8.82. The molecule has 0 heterocycles. The number of nitrogens with one attached hydrogen (secondary N) is 1. The molecule has 0 aliphatic heterocycles. The largest absolute Gasteiger partial charge is 0.497 e. The minimum absolute atomic E-state index is 0.219. The van der Waals surface area contributed by atoms with Crippen molar-refractivity contribution in [1.29, 1.82) is 0 Å². The zero-order chi connectivity index (χ0) is 19.2. The summed E-state index contributed by atoms with van der Waals surface area (Å²) in [5.41, 5.74) is 2.64.